The van der Waals surface area contributed by atoms with Crippen LogP contribution in [0.25, 0.3) is 5.65 Å². The molecular weight excluding hydrogens is 218 g/mol. The molecule has 2 aromatic heterocycles. The Morgan fingerprint density at radius 2 is 2.29 bits per heavy atom. The van der Waals surface area contributed by atoms with Gasteiger partial charge in [-0.2, -0.15) is 5.10 Å². The SMILES string of the molecule is CCC(C)C(C)Nc1cc2n[nH]c(=O)n2cn1. The minimum Gasteiger partial charge on any atom is -0.367 e. The summed E-state index contributed by atoms with van der Waals surface area (Å²) >= 11 is 0. The molecule has 2 atom stereocenters. The number of anilines is 1. The predicted molar refractivity (Wildman–Crippen MR) is 66.1 cm³/mol. The van der Waals surface area contributed by atoms with Gasteiger partial charge in [-0.25, -0.2) is 19.3 Å². The van der Waals surface area contributed by atoms with Gasteiger partial charge in [-0.3, -0.25) is 0 Å². The van der Waals surface area contributed by atoms with Crippen molar-refractivity contribution < 1.29 is 0 Å². The maximum atomic E-state index is 11.3. The molecule has 6 nitrogen and oxygen atoms in total. The minimum atomic E-state index is -0.269. The largest absolute Gasteiger partial charge is 0.367 e. The fourth-order valence-corrected chi connectivity index (χ4v) is 1.62. The van der Waals surface area contributed by atoms with Crippen LogP contribution in [-0.4, -0.2) is 25.6 Å². The van der Waals surface area contributed by atoms with Crippen molar-refractivity contribution in [2.24, 2.45) is 5.92 Å². The summed E-state index contributed by atoms with van der Waals surface area (Å²) in [6, 6.07) is 2.09. The highest BCUT2D eigenvalue weighted by Gasteiger charge is 2.11. The molecule has 0 saturated carbocycles. The van der Waals surface area contributed by atoms with Gasteiger partial charge in [0.05, 0.1) is 0 Å². The fraction of sp³-hybridized carbons (Fsp3) is 0.545. The lowest BCUT2D eigenvalue weighted by Crippen LogP contribution is -2.24. The van der Waals surface area contributed by atoms with Crippen molar-refractivity contribution in [1.29, 1.82) is 0 Å². The Morgan fingerprint density at radius 1 is 1.53 bits per heavy atom. The van der Waals surface area contributed by atoms with E-state index >= 15 is 0 Å². The molecule has 92 valence electrons. The standard InChI is InChI=1S/C11H17N5O/c1-4-7(2)8(3)13-9-5-10-14-15-11(17)16(10)6-12-9/h5-8,13H,4H2,1-3H3,(H,15,17). The van der Waals surface area contributed by atoms with E-state index in [0.29, 0.717) is 17.6 Å². The summed E-state index contributed by atoms with van der Waals surface area (Å²) in [5.74, 6) is 1.30. The zero-order chi connectivity index (χ0) is 12.4. The second-order valence-electron chi connectivity index (χ2n) is 4.35. The van der Waals surface area contributed by atoms with Gasteiger partial charge in [0.1, 0.15) is 12.1 Å². The average Bonchev–Trinajstić information content (AvgIpc) is 2.69. The lowest BCUT2D eigenvalue weighted by molar-refractivity contribution is 0.493. The van der Waals surface area contributed by atoms with Crippen LogP contribution in [0.1, 0.15) is 27.2 Å². The number of hydrogen-bond acceptors (Lipinski definition) is 4. The van der Waals surface area contributed by atoms with E-state index in [1.165, 1.54) is 10.7 Å². The zero-order valence-electron chi connectivity index (χ0n) is 10.3. The van der Waals surface area contributed by atoms with Crippen LogP contribution in [0.3, 0.4) is 0 Å². The van der Waals surface area contributed by atoms with Gasteiger partial charge in [0.2, 0.25) is 0 Å². The Kier molecular flexibility index (Phi) is 3.12. The Labute approximate surface area is 99.1 Å². The topological polar surface area (TPSA) is 75.1 Å². The third kappa shape index (κ3) is 2.30. The van der Waals surface area contributed by atoms with Crippen molar-refractivity contribution in [3.8, 4) is 0 Å². The van der Waals surface area contributed by atoms with Crippen molar-refractivity contribution in [2.75, 3.05) is 5.32 Å². The zero-order valence-corrected chi connectivity index (χ0v) is 10.3. The smallest absolute Gasteiger partial charge is 0.348 e. The second-order valence-corrected chi connectivity index (χ2v) is 4.35. The molecule has 2 rings (SSSR count). The summed E-state index contributed by atoms with van der Waals surface area (Å²) in [7, 11) is 0. The lowest BCUT2D eigenvalue weighted by atomic mass is 10.0. The van der Waals surface area contributed by atoms with Crippen LogP contribution in [-0.2, 0) is 0 Å². The Balaban J connectivity index is 2.22. The molecule has 0 aliphatic rings. The van der Waals surface area contributed by atoms with Crippen molar-refractivity contribution in [1.82, 2.24) is 19.6 Å². The summed E-state index contributed by atoms with van der Waals surface area (Å²) < 4.78 is 1.37. The summed E-state index contributed by atoms with van der Waals surface area (Å²) in [5, 5.41) is 9.59. The molecule has 0 fully saturated rings. The number of fused-ring (bicyclic) bond motifs is 1. The van der Waals surface area contributed by atoms with Crippen LogP contribution in [0.5, 0.6) is 0 Å². The molecule has 0 aliphatic heterocycles. The molecule has 0 bridgehead atoms. The van der Waals surface area contributed by atoms with E-state index in [9.17, 15) is 4.79 Å². The molecule has 2 heterocycles. The number of nitrogens with one attached hydrogen (secondary N) is 2. The Morgan fingerprint density at radius 3 is 3.00 bits per heavy atom. The molecule has 0 aliphatic carbocycles. The van der Waals surface area contributed by atoms with Gasteiger partial charge in [-0.1, -0.05) is 20.3 Å². The van der Waals surface area contributed by atoms with E-state index in [1.54, 1.807) is 6.07 Å². The van der Waals surface area contributed by atoms with Gasteiger partial charge in [0.15, 0.2) is 5.65 Å². The van der Waals surface area contributed by atoms with E-state index in [2.05, 4.69) is 41.3 Å². The van der Waals surface area contributed by atoms with Crippen molar-refractivity contribution in [3.05, 3.63) is 22.9 Å². The van der Waals surface area contributed by atoms with E-state index in [0.717, 1.165) is 12.2 Å². The molecule has 2 N–H and O–H groups in total. The van der Waals surface area contributed by atoms with Crippen LogP contribution in [0, 0.1) is 5.92 Å². The number of rotatable bonds is 4. The van der Waals surface area contributed by atoms with Gasteiger partial charge in [-0.05, 0) is 12.8 Å². The van der Waals surface area contributed by atoms with Crippen LogP contribution in [0.2, 0.25) is 0 Å². The van der Waals surface area contributed by atoms with E-state index in [-0.39, 0.29) is 5.69 Å². The molecule has 2 unspecified atom stereocenters. The number of H-pyrrole nitrogens is 1. The first-order valence-electron chi connectivity index (χ1n) is 5.81. The van der Waals surface area contributed by atoms with Crippen LogP contribution in [0.15, 0.2) is 17.2 Å². The maximum absolute atomic E-state index is 11.3. The van der Waals surface area contributed by atoms with Crippen molar-refractivity contribution >= 4 is 11.5 Å². The predicted octanol–water partition coefficient (Wildman–Crippen LogP) is 1.26. The third-order valence-electron chi connectivity index (χ3n) is 3.18. The summed E-state index contributed by atoms with van der Waals surface area (Å²) in [6.45, 7) is 6.47. The summed E-state index contributed by atoms with van der Waals surface area (Å²) in [6.07, 6.45) is 2.59. The van der Waals surface area contributed by atoms with E-state index < -0.39 is 0 Å². The highest BCUT2D eigenvalue weighted by Crippen LogP contribution is 2.13. The molecule has 0 saturated heterocycles. The fourth-order valence-electron chi connectivity index (χ4n) is 1.62. The molecule has 0 aromatic carbocycles. The number of aromatic nitrogens is 4. The molecule has 0 spiro atoms. The number of hydrogen-bond donors (Lipinski definition) is 2. The molecule has 2 aromatic rings. The summed E-state index contributed by atoms with van der Waals surface area (Å²) in [5.41, 5.74) is 0.304. The highest BCUT2D eigenvalue weighted by atomic mass is 16.1. The van der Waals surface area contributed by atoms with Gasteiger partial charge in [-0.15, -0.1) is 0 Å². The minimum absolute atomic E-state index is 0.269. The lowest BCUT2D eigenvalue weighted by Gasteiger charge is -2.20. The third-order valence-corrected chi connectivity index (χ3v) is 3.18. The van der Waals surface area contributed by atoms with E-state index in [4.69, 9.17) is 0 Å². The van der Waals surface area contributed by atoms with Crippen LogP contribution < -0.4 is 11.0 Å². The van der Waals surface area contributed by atoms with E-state index in [1.807, 2.05) is 0 Å². The molecule has 6 heteroatoms. The first-order valence-corrected chi connectivity index (χ1v) is 5.81. The average molecular weight is 235 g/mol. The van der Waals surface area contributed by atoms with Gasteiger partial charge >= 0.3 is 5.69 Å². The summed E-state index contributed by atoms with van der Waals surface area (Å²) in [4.78, 5) is 15.4. The molecule has 0 amide bonds. The van der Waals surface area contributed by atoms with Crippen LogP contribution in [0.4, 0.5) is 5.82 Å². The molecular formula is C11H17N5O. The highest BCUT2D eigenvalue weighted by molar-refractivity contribution is 5.48. The molecule has 17 heavy (non-hydrogen) atoms. The maximum Gasteiger partial charge on any atom is 0.348 e. The van der Waals surface area contributed by atoms with Gasteiger partial charge in [0, 0.05) is 12.1 Å². The number of aromatic amines is 1. The first-order chi connectivity index (χ1) is 8.11. The van der Waals surface area contributed by atoms with Crippen molar-refractivity contribution in [3.63, 3.8) is 0 Å². The second kappa shape index (κ2) is 4.57. The quantitative estimate of drug-likeness (QED) is 0.836. The normalized spacial score (nSPS) is 14.8. The Hall–Kier alpha value is -1.85. The van der Waals surface area contributed by atoms with Crippen LogP contribution >= 0.6 is 0 Å². The van der Waals surface area contributed by atoms with Gasteiger partial charge in [0.25, 0.3) is 0 Å². The van der Waals surface area contributed by atoms with Gasteiger partial charge < -0.3 is 5.32 Å². The Bertz CT molecular complexity index is 558. The first kappa shape index (κ1) is 11.6. The van der Waals surface area contributed by atoms with Crippen molar-refractivity contribution in [2.45, 2.75) is 33.2 Å². The monoisotopic (exact) mass is 235 g/mol. The molecule has 0 radical (unpaired) electrons. The number of nitrogens with zero attached hydrogens (tertiary/aromatic N) is 3.